The van der Waals surface area contributed by atoms with Crippen LogP contribution >= 0.6 is 0 Å². The zero-order valence-electron chi connectivity index (χ0n) is 9.75. The van der Waals surface area contributed by atoms with Gasteiger partial charge in [-0.1, -0.05) is 19.3 Å². The lowest BCUT2D eigenvalue weighted by molar-refractivity contribution is 0.245. The summed E-state index contributed by atoms with van der Waals surface area (Å²) < 4.78 is 0. The summed E-state index contributed by atoms with van der Waals surface area (Å²) in [5, 5.41) is 12.7. The van der Waals surface area contributed by atoms with Gasteiger partial charge in [0.2, 0.25) is 0 Å². The summed E-state index contributed by atoms with van der Waals surface area (Å²) >= 11 is 0. The molecule has 2 aliphatic rings. The molecule has 0 aromatic heterocycles. The van der Waals surface area contributed by atoms with E-state index in [9.17, 15) is 0 Å². The van der Waals surface area contributed by atoms with E-state index in [0.717, 1.165) is 18.3 Å². The number of nitrogens with one attached hydrogen (secondary N) is 1. The van der Waals surface area contributed by atoms with Gasteiger partial charge in [0.05, 0.1) is 0 Å². The Hall–Kier alpha value is -0.0800. The summed E-state index contributed by atoms with van der Waals surface area (Å²) in [6, 6.07) is 0.608. The second kappa shape index (κ2) is 5.86. The highest BCUT2D eigenvalue weighted by Gasteiger charge is 2.30. The number of hydrogen-bond donors (Lipinski definition) is 2. The minimum atomic E-state index is 0.346. The van der Waals surface area contributed by atoms with Crippen molar-refractivity contribution < 1.29 is 5.11 Å². The van der Waals surface area contributed by atoms with E-state index in [1.54, 1.807) is 0 Å². The molecule has 1 unspecified atom stereocenters. The van der Waals surface area contributed by atoms with Crippen LogP contribution in [0.4, 0.5) is 0 Å². The van der Waals surface area contributed by atoms with Crippen molar-refractivity contribution in [1.29, 1.82) is 0 Å². The summed E-state index contributed by atoms with van der Waals surface area (Å²) in [5.74, 6) is 1.79. The largest absolute Gasteiger partial charge is 0.396 e. The third-order valence-electron chi connectivity index (χ3n) is 4.02. The Bertz CT molecular complexity index is 173. The second-order valence-corrected chi connectivity index (χ2v) is 5.37. The van der Waals surface area contributed by atoms with Gasteiger partial charge < -0.3 is 10.4 Å². The van der Waals surface area contributed by atoms with Crippen molar-refractivity contribution in [3.63, 3.8) is 0 Å². The highest BCUT2D eigenvalue weighted by molar-refractivity contribution is 4.86. The van der Waals surface area contributed by atoms with Gasteiger partial charge in [0.1, 0.15) is 0 Å². The van der Waals surface area contributed by atoms with Crippen LogP contribution in [0.3, 0.4) is 0 Å². The van der Waals surface area contributed by atoms with E-state index in [-0.39, 0.29) is 0 Å². The Morgan fingerprint density at radius 2 is 1.80 bits per heavy atom. The molecule has 0 bridgehead atoms. The standard InChI is InChI=1S/C13H25NO/c15-9-8-13(12-6-7-12)14-10-11-4-2-1-3-5-11/h11-15H,1-10H2. The minimum absolute atomic E-state index is 0.346. The molecular weight excluding hydrogens is 186 g/mol. The van der Waals surface area contributed by atoms with Crippen LogP contribution in [0.15, 0.2) is 0 Å². The predicted molar refractivity (Wildman–Crippen MR) is 62.8 cm³/mol. The van der Waals surface area contributed by atoms with Gasteiger partial charge in [0.15, 0.2) is 0 Å². The van der Waals surface area contributed by atoms with Gasteiger partial charge in [-0.05, 0) is 50.5 Å². The Kier molecular flexibility index (Phi) is 4.45. The van der Waals surface area contributed by atoms with E-state index in [1.165, 1.54) is 51.5 Å². The van der Waals surface area contributed by atoms with Crippen LogP contribution in [-0.2, 0) is 0 Å². The third kappa shape index (κ3) is 3.76. The SMILES string of the molecule is OCCC(NCC1CCCCC1)C1CC1. The first-order chi connectivity index (χ1) is 7.40. The van der Waals surface area contributed by atoms with Gasteiger partial charge in [-0.2, -0.15) is 0 Å². The molecule has 0 saturated heterocycles. The van der Waals surface area contributed by atoms with Crippen LogP contribution in [-0.4, -0.2) is 24.3 Å². The van der Waals surface area contributed by atoms with Crippen molar-refractivity contribution >= 4 is 0 Å². The van der Waals surface area contributed by atoms with Crippen LogP contribution in [0.25, 0.3) is 0 Å². The smallest absolute Gasteiger partial charge is 0.0445 e. The van der Waals surface area contributed by atoms with Crippen LogP contribution in [0, 0.1) is 11.8 Å². The topological polar surface area (TPSA) is 32.3 Å². The van der Waals surface area contributed by atoms with Crippen LogP contribution in [0.2, 0.25) is 0 Å². The van der Waals surface area contributed by atoms with Crippen molar-refractivity contribution in [2.45, 2.75) is 57.4 Å². The summed E-state index contributed by atoms with van der Waals surface area (Å²) in [6.45, 7) is 1.54. The number of rotatable bonds is 6. The molecule has 2 N–H and O–H groups in total. The highest BCUT2D eigenvalue weighted by atomic mass is 16.3. The molecule has 0 spiro atoms. The Balaban J connectivity index is 1.65. The molecule has 1 atom stereocenters. The molecule has 15 heavy (non-hydrogen) atoms. The summed E-state index contributed by atoms with van der Waals surface area (Å²) in [7, 11) is 0. The first-order valence-corrected chi connectivity index (χ1v) is 6.74. The van der Waals surface area contributed by atoms with E-state index in [4.69, 9.17) is 5.11 Å². The zero-order valence-corrected chi connectivity index (χ0v) is 9.75. The minimum Gasteiger partial charge on any atom is -0.396 e. The van der Waals surface area contributed by atoms with E-state index >= 15 is 0 Å². The Morgan fingerprint density at radius 1 is 1.07 bits per heavy atom. The molecular formula is C13H25NO. The van der Waals surface area contributed by atoms with Gasteiger partial charge in [0, 0.05) is 12.6 Å². The third-order valence-corrected chi connectivity index (χ3v) is 4.02. The average molecular weight is 211 g/mol. The first-order valence-electron chi connectivity index (χ1n) is 6.74. The van der Waals surface area contributed by atoms with Crippen molar-refractivity contribution in [2.24, 2.45) is 11.8 Å². The average Bonchev–Trinajstić information content (AvgIpc) is 3.09. The maximum absolute atomic E-state index is 9.01. The molecule has 2 aliphatic carbocycles. The lowest BCUT2D eigenvalue weighted by Crippen LogP contribution is -2.36. The molecule has 0 aromatic carbocycles. The Morgan fingerprint density at radius 3 is 2.40 bits per heavy atom. The van der Waals surface area contributed by atoms with Gasteiger partial charge >= 0.3 is 0 Å². The molecule has 2 rings (SSSR count). The van der Waals surface area contributed by atoms with E-state index in [2.05, 4.69) is 5.32 Å². The molecule has 2 fully saturated rings. The molecule has 2 nitrogen and oxygen atoms in total. The number of aliphatic hydroxyl groups is 1. The first kappa shape index (κ1) is 11.4. The molecule has 2 saturated carbocycles. The van der Waals surface area contributed by atoms with Gasteiger partial charge in [-0.25, -0.2) is 0 Å². The molecule has 0 aliphatic heterocycles. The molecule has 0 amide bonds. The summed E-state index contributed by atoms with van der Waals surface area (Å²) in [6.07, 6.45) is 10.9. The van der Waals surface area contributed by atoms with Gasteiger partial charge in [-0.3, -0.25) is 0 Å². The molecule has 0 aromatic rings. The Labute approximate surface area is 93.5 Å². The van der Waals surface area contributed by atoms with E-state index in [1.807, 2.05) is 0 Å². The molecule has 2 heteroatoms. The van der Waals surface area contributed by atoms with Gasteiger partial charge in [0.25, 0.3) is 0 Å². The van der Waals surface area contributed by atoms with Gasteiger partial charge in [-0.15, -0.1) is 0 Å². The van der Waals surface area contributed by atoms with Crippen molar-refractivity contribution in [3.8, 4) is 0 Å². The van der Waals surface area contributed by atoms with Crippen LogP contribution in [0.5, 0.6) is 0 Å². The van der Waals surface area contributed by atoms with E-state index in [0.29, 0.717) is 12.6 Å². The maximum atomic E-state index is 9.01. The summed E-state index contributed by atoms with van der Waals surface area (Å²) in [5.41, 5.74) is 0. The van der Waals surface area contributed by atoms with Crippen LogP contribution in [0.1, 0.15) is 51.4 Å². The van der Waals surface area contributed by atoms with Crippen LogP contribution < -0.4 is 5.32 Å². The van der Waals surface area contributed by atoms with Crippen molar-refractivity contribution in [3.05, 3.63) is 0 Å². The molecule has 0 heterocycles. The number of aliphatic hydroxyl groups excluding tert-OH is 1. The fraction of sp³-hybridized carbons (Fsp3) is 1.00. The fourth-order valence-corrected chi connectivity index (χ4v) is 2.85. The normalized spacial score (nSPS) is 25.4. The molecule has 0 radical (unpaired) electrons. The van der Waals surface area contributed by atoms with Crippen molar-refractivity contribution in [1.82, 2.24) is 5.32 Å². The molecule has 88 valence electrons. The lowest BCUT2D eigenvalue weighted by atomic mass is 9.89. The van der Waals surface area contributed by atoms with Crippen molar-refractivity contribution in [2.75, 3.05) is 13.2 Å². The van der Waals surface area contributed by atoms with E-state index < -0.39 is 0 Å². The highest BCUT2D eigenvalue weighted by Crippen LogP contribution is 2.34. The monoisotopic (exact) mass is 211 g/mol. The second-order valence-electron chi connectivity index (χ2n) is 5.37. The fourth-order valence-electron chi connectivity index (χ4n) is 2.85. The predicted octanol–water partition coefficient (Wildman–Crippen LogP) is 2.32. The summed E-state index contributed by atoms with van der Waals surface area (Å²) in [4.78, 5) is 0. The lowest BCUT2D eigenvalue weighted by Gasteiger charge is -2.25. The number of hydrogen-bond acceptors (Lipinski definition) is 2. The quantitative estimate of drug-likeness (QED) is 0.706. The zero-order chi connectivity index (χ0) is 10.5. The maximum Gasteiger partial charge on any atom is 0.0445 e.